The Kier molecular flexibility index (Phi) is 6.43. The molecule has 2 fully saturated rings. The first kappa shape index (κ1) is 19.2. The normalized spacial score (nSPS) is 19.2. The summed E-state index contributed by atoms with van der Waals surface area (Å²) in [5.41, 5.74) is 2.12. The van der Waals surface area contributed by atoms with Crippen molar-refractivity contribution < 1.29 is 4.79 Å². The Morgan fingerprint density at radius 1 is 0.857 bits per heavy atom. The average molecular weight is 377 g/mol. The van der Waals surface area contributed by atoms with E-state index in [1.807, 2.05) is 36.4 Å². The van der Waals surface area contributed by atoms with Crippen LogP contribution in [0.4, 0.5) is 0 Å². The van der Waals surface area contributed by atoms with Crippen molar-refractivity contribution in [3.05, 3.63) is 71.8 Å². The number of nitrogens with zero attached hydrogens (tertiary/aromatic N) is 1. The molecule has 0 unspecified atom stereocenters. The Morgan fingerprint density at radius 2 is 1.39 bits per heavy atom. The average Bonchev–Trinajstić information content (AvgIpc) is 3.29. The van der Waals surface area contributed by atoms with E-state index in [0.717, 1.165) is 23.7 Å². The third-order valence-corrected chi connectivity index (χ3v) is 6.58. The molecule has 3 heteroatoms. The van der Waals surface area contributed by atoms with Gasteiger partial charge in [-0.2, -0.15) is 0 Å². The van der Waals surface area contributed by atoms with Crippen molar-refractivity contribution in [1.82, 2.24) is 10.2 Å². The molecule has 0 aromatic heterocycles. The predicted molar refractivity (Wildman–Crippen MR) is 114 cm³/mol. The van der Waals surface area contributed by atoms with Gasteiger partial charge in [-0.1, -0.05) is 73.5 Å². The molecule has 0 radical (unpaired) electrons. The Hall–Kier alpha value is -2.13. The third kappa shape index (κ3) is 4.64. The molecule has 3 nitrogen and oxygen atoms in total. The number of benzene rings is 2. The highest BCUT2D eigenvalue weighted by Crippen LogP contribution is 2.28. The van der Waals surface area contributed by atoms with Crippen LogP contribution in [0.3, 0.4) is 0 Å². The van der Waals surface area contributed by atoms with E-state index in [4.69, 9.17) is 0 Å². The molecule has 1 saturated heterocycles. The van der Waals surface area contributed by atoms with Crippen LogP contribution in [0.25, 0.3) is 0 Å². The maximum absolute atomic E-state index is 13.1. The van der Waals surface area contributed by atoms with Crippen molar-refractivity contribution in [1.29, 1.82) is 0 Å². The smallest absolute Gasteiger partial charge is 0.232 e. The molecule has 4 rings (SSSR count). The molecule has 0 bridgehead atoms. The van der Waals surface area contributed by atoms with Crippen LogP contribution < -0.4 is 5.32 Å². The highest BCUT2D eigenvalue weighted by atomic mass is 16.1. The fourth-order valence-electron chi connectivity index (χ4n) is 4.92. The summed E-state index contributed by atoms with van der Waals surface area (Å²) in [5.74, 6) is 0.491. The monoisotopic (exact) mass is 376 g/mol. The minimum Gasteiger partial charge on any atom is -0.355 e. The van der Waals surface area contributed by atoms with Gasteiger partial charge >= 0.3 is 0 Å². The van der Waals surface area contributed by atoms with E-state index in [9.17, 15) is 4.79 Å². The molecule has 1 saturated carbocycles. The first-order valence-electron chi connectivity index (χ1n) is 10.9. The van der Waals surface area contributed by atoms with E-state index in [1.54, 1.807) is 0 Å². The molecule has 1 amide bonds. The molecule has 2 aromatic carbocycles. The van der Waals surface area contributed by atoms with Crippen molar-refractivity contribution in [2.45, 2.75) is 50.5 Å². The highest BCUT2D eigenvalue weighted by Gasteiger charge is 2.28. The summed E-state index contributed by atoms with van der Waals surface area (Å²) in [6, 6.07) is 21.1. The summed E-state index contributed by atoms with van der Waals surface area (Å²) in [6.45, 7) is 3.20. The second-order valence-corrected chi connectivity index (χ2v) is 8.42. The topological polar surface area (TPSA) is 32.3 Å². The predicted octanol–water partition coefficient (Wildman–Crippen LogP) is 4.59. The molecule has 2 aromatic rings. The number of hydrogen-bond acceptors (Lipinski definition) is 2. The van der Waals surface area contributed by atoms with E-state index in [-0.39, 0.29) is 11.8 Å². The van der Waals surface area contributed by atoms with Crippen molar-refractivity contribution in [2.75, 3.05) is 19.6 Å². The molecule has 0 spiro atoms. The molecule has 0 atom stereocenters. The van der Waals surface area contributed by atoms with Crippen molar-refractivity contribution in [3.63, 3.8) is 0 Å². The molecule has 28 heavy (non-hydrogen) atoms. The van der Waals surface area contributed by atoms with Gasteiger partial charge in [-0.25, -0.2) is 0 Å². The zero-order valence-electron chi connectivity index (χ0n) is 16.7. The Labute approximate surface area is 169 Å². The van der Waals surface area contributed by atoms with E-state index in [2.05, 4.69) is 34.5 Å². The van der Waals surface area contributed by atoms with E-state index < -0.39 is 0 Å². The van der Waals surface area contributed by atoms with Crippen LogP contribution in [-0.4, -0.2) is 36.5 Å². The summed E-state index contributed by atoms with van der Waals surface area (Å²) in [6.07, 6.45) is 7.99. The van der Waals surface area contributed by atoms with Gasteiger partial charge in [-0.3, -0.25) is 4.79 Å². The van der Waals surface area contributed by atoms with E-state index >= 15 is 0 Å². The van der Waals surface area contributed by atoms with Crippen molar-refractivity contribution in [3.8, 4) is 0 Å². The number of amides is 1. The lowest BCUT2D eigenvalue weighted by atomic mass is 9.90. The summed E-state index contributed by atoms with van der Waals surface area (Å²) in [7, 11) is 0. The quantitative estimate of drug-likeness (QED) is 0.800. The van der Waals surface area contributed by atoms with Crippen LogP contribution in [0.5, 0.6) is 0 Å². The maximum Gasteiger partial charge on any atom is 0.232 e. The number of rotatable bonds is 6. The third-order valence-electron chi connectivity index (χ3n) is 6.58. The molecular weight excluding hydrogens is 344 g/mol. The number of carbonyl (C=O) groups excluding carboxylic acids is 1. The lowest BCUT2D eigenvalue weighted by Gasteiger charge is -2.36. The summed E-state index contributed by atoms with van der Waals surface area (Å²) < 4.78 is 0. The SMILES string of the molecule is O=C(NCC1CCN(C2CCCC2)CC1)C(c1ccccc1)c1ccccc1. The van der Waals surface area contributed by atoms with Crippen LogP contribution in [-0.2, 0) is 4.79 Å². The Bertz CT molecular complexity index is 692. The molecular formula is C25H32N2O. The zero-order chi connectivity index (χ0) is 19.2. The number of likely N-dealkylation sites (tertiary alicyclic amines) is 1. The van der Waals surface area contributed by atoms with Crippen molar-refractivity contribution in [2.24, 2.45) is 5.92 Å². The van der Waals surface area contributed by atoms with Crippen LogP contribution in [0.1, 0.15) is 55.6 Å². The van der Waals surface area contributed by atoms with Gasteiger partial charge in [0.25, 0.3) is 0 Å². The first-order valence-corrected chi connectivity index (χ1v) is 10.9. The minimum atomic E-state index is -0.235. The molecule has 1 heterocycles. The second-order valence-electron chi connectivity index (χ2n) is 8.42. The fraction of sp³-hybridized carbons (Fsp3) is 0.480. The van der Waals surface area contributed by atoms with E-state index in [1.165, 1.54) is 51.6 Å². The number of nitrogens with one attached hydrogen (secondary N) is 1. The fourth-order valence-corrected chi connectivity index (χ4v) is 4.92. The number of hydrogen-bond donors (Lipinski definition) is 1. The molecule has 1 aliphatic heterocycles. The summed E-state index contributed by atoms with van der Waals surface area (Å²) in [5, 5.41) is 3.28. The van der Waals surface area contributed by atoms with E-state index in [0.29, 0.717) is 5.92 Å². The lowest BCUT2D eigenvalue weighted by Crippen LogP contribution is -2.43. The lowest BCUT2D eigenvalue weighted by molar-refractivity contribution is -0.122. The van der Waals surface area contributed by atoms with Crippen LogP contribution in [0.2, 0.25) is 0 Å². The Balaban J connectivity index is 1.35. The highest BCUT2D eigenvalue weighted by molar-refractivity contribution is 5.87. The minimum absolute atomic E-state index is 0.121. The van der Waals surface area contributed by atoms with Gasteiger partial charge in [0, 0.05) is 12.6 Å². The van der Waals surface area contributed by atoms with Crippen LogP contribution in [0.15, 0.2) is 60.7 Å². The zero-order valence-corrected chi connectivity index (χ0v) is 16.7. The molecule has 1 N–H and O–H groups in total. The largest absolute Gasteiger partial charge is 0.355 e. The second kappa shape index (κ2) is 9.38. The summed E-state index contributed by atoms with van der Waals surface area (Å²) >= 11 is 0. The van der Waals surface area contributed by atoms with Gasteiger partial charge in [0.2, 0.25) is 5.91 Å². The van der Waals surface area contributed by atoms with Crippen LogP contribution in [0, 0.1) is 5.92 Å². The maximum atomic E-state index is 13.1. The summed E-state index contributed by atoms with van der Waals surface area (Å²) in [4.78, 5) is 15.8. The Morgan fingerprint density at radius 3 is 1.93 bits per heavy atom. The van der Waals surface area contributed by atoms with Gasteiger partial charge in [0.05, 0.1) is 5.92 Å². The first-order chi connectivity index (χ1) is 13.8. The standard InChI is InChI=1S/C25H32N2O/c28-25(24(21-9-3-1-4-10-21)22-11-5-2-6-12-22)26-19-20-15-17-27(18-16-20)23-13-7-8-14-23/h1-6,9-12,20,23-24H,7-8,13-19H2,(H,26,28). The van der Waals surface area contributed by atoms with Crippen molar-refractivity contribution >= 4 is 5.91 Å². The van der Waals surface area contributed by atoms with Crippen LogP contribution >= 0.6 is 0 Å². The van der Waals surface area contributed by atoms with Gasteiger partial charge in [-0.05, 0) is 55.8 Å². The van der Waals surface area contributed by atoms with Gasteiger partial charge in [0.1, 0.15) is 0 Å². The van der Waals surface area contributed by atoms with Gasteiger partial charge in [-0.15, -0.1) is 0 Å². The molecule has 1 aliphatic carbocycles. The number of carbonyl (C=O) groups is 1. The molecule has 2 aliphatic rings. The molecule has 148 valence electrons. The number of piperidine rings is 1. The van der Waals surface area contributed by atoms with Gasteiger partial charge in [0.15, 0.2) is 0 Å². The van der Waals surface area contributed by atoms with Gasteiger partial charge < -0.3 is 10.2 Å².